The van der Waals surface area contributed by atoms with Gasteiger partial charge in [0.05, 0.1) is 30.8 Å². The van der Waals surface area contributed by atoms with Crippen molar-refractivity contribution in [1.82, 2.24) is 0 Å². The highest BCUT2D eigenvalue weighted by molar-refractivity contribution is 7.18. The summed E-state index contributed by atoms with van der Waals surface area (Å²) in [6.45, 7) is 7.09. The Morgan fingerprint density at radius 3 is 2.47 bits per heavy atom. The molecule has 0 unspecified atom stereocenters. The first-order valence-corrected chi connectivity index (χ1v) is 10.6. The third kappa shape index (κ3) is 5.53. The molecule has 0 saturated carbocycles. The van der Waals surface area contributed by atoms with Gasteiger partial charge in [0.15, 0.2) is 17.3 Å². The summed E-state index contributed by atoms with van der Waals surface area (Å²) in [5.41, 5.74) is 0.890. The van der Waals surface area contributed by atoms with E-state index in [2.05, 4.69) is 5.32 Å². The molecule has 1 aromatic heterocycles. The van der Waals surface area contributed by atoms with Gasteiger partial charge in [0.25, 0.3) is 5.91 Å². The van der Waals surface area contributed by atoms with Crippen LogP contribution in [0, 0.1) is 18.3 Å². The van der Waals surface area contributed by atoms with Crippen molar-refractivity contribution in [2.45, 2.75) is 27.7 Å². The quantitative estimate of drug-likeness (QED) is 0.258. The van der Waals surface area contributed by atoms with Crippen molar-refractivity contribution in [2.75, 3.05) is 25.6 Å². The van der Waals surface area contributed by atoms with E-state index in [1.54, 1.807) is 32.0 Å². The van der Waals surface area contributed by atoms with E-state index in [9.17, 15) is 19.6 Å². The molecular weight excluding hydrogens is 432 g/mol. The largest absolute Gasteiger partial charge is 0.493 e. The van der Waals surface area contributed by atoms with Gasteiger partial charge in [-0.25, -0.2) is 4.79 Å². The molecule has 0 aliphatic carbocycles. The van der Waals surface area contributed by atoms with Gasteiger partial charge in [0, 0.05) is 0 Å². The Labute approximate surface area is 190 Å². The topological polar surface area (TPSA) is 115 Å². The first-order chi connectivity index (χ1) is 15.3. The van der Waals surface area contributed by atoms with Gasteiger partial charge >= 0.3 is 5.97 Å². The lowest BCUT2D eigenvalue weighted by atomic mass is 10.1. The van der Waals surface area contributed by atoms with Crippen LogP contribution in [-0.2, 0) is 9.53 Å². The number of nitrogens with zero attached hydrogens (tertiary/aromatic N) is 1. The lowest BCUT2D eigenvalue weighted by Gasteiger charge is -2.10. The molecule has 1 N–H and O–H groups in total. The number of benzene rings is 1. The number of nitrogens with one attached hydrogen (secondary N) is 1. The number of rotatable bonds is 9. The highest BCUT2D eigenvalue weighted by Crippen LogP contribution is 2.34. The number of Topliss-reactive ketones (excluding diaryl/α,β-unsaturated/α-hetero) is 1. The monoisotopic (exact) mass is 456 g/mol. The van der Waals surface area contributed by atoms with Gasteiger partial charge in [0.1, 0.15) is 16.6 Å². The van der Waals surface area contributed by atoms with Crippen LogP contribution in [-0.4, -0.2) is 38.0 Å². The minimum Gasteiger partial charge on any atom is -0.493 e. The van der Waals surface area contributed by atoms with Crippen LogP contribution in [0.5, 0.6) is 11.5 Å². The number of carbonyl (C=O) groups excluding carboxylic acids is 3. The molecule has 0 fully saturated rings. The van der Waals surface area contributed by atoms with Crippen LogP contribution >= 0.6 is 11.3 Å². The third-order valence-corrected chi connectivity index (χ3v) is 5.64. The molecule has 0 bridgehead atoms. The number of carbonyl (C=O) groups is 3. The second kappa shape index (κ2) is 11.1. The lowest BCUT2D eigenvalue weighted by Crippen LogP contribution is -2.16. The normalized spacial score (nSPS) is 10.8. The van der Waals surface area contributed by atoms with Crippen molar-refractivity contribution in [3.05, 3.63) is 45.3 Å². The number of esters is 1. The molecule has 1 heterocycles. The number of ketones is 1. The number of hydrogen-bond donors (Lipinski definition) is 1. The van der Waals surface area contributed by atoms with E-state index >= 15 is 0 Å². The van der Waals surface area contributed by atoms with Crippen LogP contribution in [0.15, 0.2) is 23.8 Å². The lowest BCUT2D eigenvalue weighted by molar-refractivity contribution is -0.112. The zero-order valence-corrected chi connectivity index (χ0v) is 19.3. The molecule has 168 valence electrons. The summed E-state index contributed by atoms with van der Waals surface area (Å²) >= 11 is 0.969. The van der Waals surface area contributed by atoms with Crippen molar-refractivity contribution in [3.63, 3.8) is 0 Å². The molecule has 2 aromatic rings. The maximum absolute atomic E-state index is 12.8. The zero-order chi connectivity index (χ0) is 23.8. The molecule has 0 spiro atoms. The minimum absolute atomic E-state index is 0.107. The van der Waals surface area contributed by atoms with Crippen LogP contribution in [0.3, 0.4) is 0 Å². The van der Waals surface area contributed by atoms with Crippen LogP contribution in [0.1, 0.15) is 51.9 Å². The molecule has 2 rings (SSSR count). The Balaban J connectivity index is 2.40. The third-order valence-electron chi connectivity index (χ3n) is 4.34. The van der Waals surface area contributed by atoms with Crippen molar-refractivity contribution < 1.29 is 28.6 Å². The minimum atomic E-state index is -0.720. The molecule has 9 heteroatoms. The maximum atomic E-state index is 12.8. The Morgan fingerprint density at radius 2 is 1.91 bits per heavy atom. The zero-order valence-electron chi connectivity index (χ0n) is 18.5. The molecule has 0 aliphatic rings. The maximum Gasteiger partial charge on any atom is 0.341 e. The van der Waals surface area contributed by atoms with Gasteiger partial charge in [-0.15, -0.1) is 11.3 Å². The second-order valence-corrected chi connectivity index (χ2v) is 7.52. The smallest absolute Gasteiger partial charge is 0.341 e. The highest BCUT2D eigenvalue weighted by Gasteiger charge is 2.26. The molecule has 8 nitrogen and oxygen atoms in total. The molecule has 32 heavy (non-hydrogen) atoms. The number of methoxy groups -OCH3 is 1. The van der Waals surface area contributed by atoms with Crippen LogP contribution in [0.25, 0.3) is 6.08 Å². The summed E-state index contributed by atoms with van der Waals surface area (Å²) in [6, 6.07) is 6.87. The fraction of sp³-hybridized carbons (Fsp3) is 0.304. The van der Waals surface area contributed by atoms with Gasteiger partial charge in [-0.3, -0.25) is 9.59 Å². The fourth-order valence-electron chi connectivity index (χ4n) is 2.92. The molecule has 0 radical (unpaired) electrons. The van der Waals surface area contributed by atoms with Crippen molar-refractivity contribution in [1.29, 1.82) is 5.26 Å². The van der Waals surface area contributed by atoms with Crippen LogP contribution in [0.4, 0.5) is 5.00 Å². The van der Waals surface area contributed by atoms with E-state index in [4.69, 9.17) is 14.2 Å². The number of thiophene rings is 1. The van der Waals surface area contributed by atoms with E-state index in [1.807, 2.05) is 13.0 Å². The predicted molar refractivity (Wildman–Crippen MR) is 121 cm³/mol. The molecule has 0 aliphatic heterocycles. The summed E-state index contributed by atoms with van der Waals surface area (Å²) < 4.78 is 15.8. The summed E-state index contributed by atoms with van der Waals surface area (Å²) in [4.78, 5) is 37.5. The van der Waals surface area contributed by atoms with Crippen molar-refractivity contribution >= 4 is 40.1 Å². The van der Waals surface area contributed by atoms with Gasteiger partial charge in [-0.1, -0.05) is 6.07 Å². The van der Waals surface area contributed by atoms with E-state index in [0.717, 1.165) is 11.3 Å². The van der Waals surface area contributed by atoms with Gasteiger partial charge in [-0.2, -0.15) is 5.26 Å². The summed E-state index contributed by atoms with van der Waals surface area (Å²) in [6.07, 6.45) is 1.39. The first kappa shape index (κ1) is 24.6. The SMILES string of the molecule is CCOC(=O)c1c(NC(=O)C(C#N)=Cc2ccc(OCC)c(OC)c2)sc(C(C)=O)c1C. The highest BCUT2D eigenvalue weighted by atomic mass is 32.1. The van der Waals surface area contributed by atoms with Gasteiger partial charge in [0.2, 0.25) is 0 Å². The molecule has 0 saturated heterocycles. The van der Waals surface area contributed by atoms with Gasteiger partial charge in [-0.05, 0) is 57.0 Å². The number of hydrogen-bond acceptors (Lipinski definition) is 8. The molecule has 1 aromatic carbocycles. The first-order valence-electron chi connectivity index (χ1n) is 9.82. The molecule has 0 atom stereocenters. The summed E-state index contributed by atoms with van der Waals surface area (Å²) in [5.74, 6) is -0.607. The van der Waals surface area contributed by atoms with Crippen molar-refractivity contribution in [2.24, 2.45) is 0 Å². The Bertz CT molecular complexity index is 1110. The second-order valence-electron chi connectivity index (χ2n) is 6.50. The Morgan fingerprint density at radius 1 is 1.19 bits per heavy atom. The fourth-order valence-corrected chi connectivity index (χ4v) is 4.01. The molecular formula is C23H24N2O6S. The van der Waals surface area contributed by atoms with Gasteiger partial charge < -0.3 is 19.5 Å². The van der Waals surface area contributed by atoms with Crippen molar-refractivity contribution in [3.8, 4) is 17.6 Å². The number of anilines is 1. The standard InChI is InChI=1S/C23H24N2O6S/c1-6-30-17-9-8-15(11-18(17)29-5)10-16(12-24)21(27)25-22-19(23(28)31-7-2)13(3)20(32-22)14(4)26/h8-11H,6-7H2,1-5H3,(H,25,27). The van der Waals surface area contributed by atoms with Crippen LogP contribution < -0.4 is 14.8 Å². The number of amides is 1. The average molecular weight is 457 g/mol. The molecule has 1 amide bonds. The average Bonchev–Trinajstić information content (AvgIpc) is 3.09. The van der Waals surface area contributed by atoms with E-state index < -0.39 is 11.9 Å². The number of ether oxygens (including phenoxy) is 3. The Hall–Kier alpha value is -3.64. The summed E-state index contributed by atoms with van der Waals surface area (Å²) in [7, 11) is 1.49. The van der Waals surface area contributed by atoms with E-state index in [0.29, 0.717) is 34.1 Å². The summed E-state index contributed by atoms with van der Waals surface area (Å²) in [5, 5.41) is 12.3. The predicted octanol–water partition coefficient (Wildman–Crippen LogP) is 4.39. The number of nitriles is 1. The van der Waals surface area contributed by atoms with E-state index in [-0.39, 0.29) is 28.5 Å². The van der Waals surface area contributed by atoms with E-state index in [1.165, 1.54) is 20.1 Å². The Kier molecular flexibility index (Phi) is 8.55. The van der Waals surface area contributed by atoms with Crippen LogP contribution in [0.2, 0.25) is 0 Å².